The average molecular weight is 248 g/mol. The van der Waals surface area contributed by atoms with E-state index in [1.54, 1.807) is 0 Å². The molecule has 1 unspecified atom stereocenters. The number of carboxylic acid groups (broad SMARTS) is 1. The summed E-state index contributed by atoms with van der Waals surface area (Å²) >= 11 is 0. The second-order valence-corrected chi connectivity index (χ2v) is 4.97. The van der Waals surface area contributed by atoms with E-state index in [9.17, 15) is 4.79 Å². The number of nitrogens with zero attached hydrogens (tertiary/aromatic N) is 1. The highest BCUT2D eigenvalue weighted by molar-refractivity contribution is 5.69. The van der Waals surface area contributed by atoms with E-state index >= 15 is 0 Å². The SMILES string of the molecule is Cc1ccc(N2CCC(NCC(=O)O)C2)cc1C. The van der Waals surface area contributed by atoms with Gasteiger partial charge in [0.15, 0.2) is 0 Å². The molecule has 4 heteroatoms. The summed E-state index contributed by atoms with van der Waals surface area (Å²) < 4.78 is 0. The molecule has 0 amide bonds. The van der Waals surface area contributed by atoms with Crippen molar-refractivity contribution in [3.63, 3.8) is 0 Å². The van der Waals surface area contributed by atoms with Gasteiger partial charge in [-0.1, -0.05) is 6.07 Å². The molecule has 0 radical (unpaired) electrons. The summed E-state index contributed by atoms with van der Waals surface area (Å²) in [6.07, 6.45) is 1.00. The third-order valence-electron chi connectivity index (χ3n) is 3.59. The van der Waals surface area contributed by atoms with Crippen LogP contribution in [0, 0.1) is 13.8 Å². The van der Waals surface area contributed by atoms with E-state index in [1.165, 1.54) is 16.8 Å². The van der Waals surface area contributed by atoms with E-state index in [0.717, 1.165) is 19.5 Å². The molecule has 1 atom stereocenters. The van der Waals surface area contributed by atoms with Crippen LogP contribution >= 0.6 is 0 Å². The molecule has 1 fully saturated rings. The zero-order chi connectivity index (χ0) is 13.1. The molecule has 1 aliphatic rings. The van der Waals surface area contributed by atoms with E-state index in [-0.39, 0.29) is 12.6 Å². The summed E-state index contributed by atoms with van der Waals surface area (Å²) in [5.74, 6) is -0.792. The fourth-order valence-electron chi connectivity index (χ4n) is 2.32. The Morgan fingerprint density at radius 1 is 1.44 bits per heavy atom. The first-order valence-electron chi connectivity index (χ1n) is 6.33. The maximum atomic E-state index is 10.5. The van der Waals surface area contributed by atoms with Crippen molar-refractivity contribution < 1.29 is 9.90 Å². The van der Waals surface area contributed by atoms with Gasteiger partial charge in [-0.15, -0.1) is 0 Å². The van der Waals surface area contributed by atoms with Gasteiger partial charge in [0.2, 0.25) is 0 Å². The Bertz CT molecular complexity index is 445. The van der Waals surface area contributed by atoms with Gasteiger partial charge < -0.3 is 15.3 Å². The summed E-state index contributed by atoms with van der Waals surface area (Å²) in [6.45, 7) is 6.15. The van der Waals surface area contributed by atoms with E-state index in [1.807, 2.05) is 0 Å². The number of anilines is 1. The van der Waals surface area contributed by atoms with Crippen molar-refractivity contribution in [2.24, 2.45) is 0 Å². The Hall–Kier alpha value is -1.55. The quantitative estimate of drug-likeness (QED) is 0.849. The molecule has 1 heterocycles. The van der Waals surface area contributed by atoms with Crippen molar-refractivity contribution in [3.05, 3.63) is 29.3 Å². The predicted octanol–water partition coefficient (Wildman–Crippen LogP) is 1.56. The molecule has 0 saturated carbocycles. The molecular weight excluding hydrogens is 228 g/mol. The maximum absolute atomic E-state index is 10.5. The predicted molar refractivity (Wildman–Crippen MR) is 72.2 cm³/mol. The first-order chi connectivity index (χ1) is 8.56. The molecular formula is C14H20N2O2. The summed E-state index contributed by atoms with van der Waals surface area (Å²) in [4.78, 5) is 12.8. The minimum absolute atomic E-state index is 0.0471. The largest absolute Gasteiger partial charge is 0.480 e. The molecule has 1 aromatic carbocycles. The van der Waals surface area contributed by atoms with Crippen LogP contribution in [0.15, 0.2) is 18.2 Å². The molecule has 2 rings (SSSR count). The molecule has 4 nitrogen and oxygen atoms in total. The Morgan fingerprint density at radius 3 is 2.89 bits per heavy atom. The minimum atomic E-state index is -0.792. The number of aryl methyl sites for hydroxylation is 2. The number of rotatable bonds is 4. The standard InChI is InChI=1S/C14H20N2O2/c1-10-3-4-13(7-11(10)2)16-6-5-12(9-16)15-8-14(17)18/h3-4,7,12,15H,5-6,8-9H2,1-2H3,(H,17,18). The van der Waals surface area contributed by atoms with Crippen LogP contribution < -0.4 is 10.2 Å². The van der Waals surface area contributed by atoms with Gasteiger partial charge in [-0.05, 0) is 43.5 Å². The van der Waals surface area contributed by atoms with E-state index in [4.69, 9.17) is 5.11 Å². The van der Waals surface area contributed by atoms with Crippen LogP contribution in [-0.4, -0.2) is 36.8 Å². The van der Waals surface area contributed by atoms with Crippen LogP contribution in [0.2, 0.25) is 0 Å². The Balaban J connectivity index is 1.95. The zero-order valence-corrected chi connectivity index (χ0v) is 10.9. The number of aliphatic carboxylic acids is 1. The third kappa shape index (κ3) is 3.01. The lowest BCUT2D eigenvalue weighted by Crippen LogP contribution is -2.35. The molecule has 1 saturated heterocycles. The van der Waals surface area contributed by atoms with Gasteiger partial charge in [0.1, 0.15) is 0 Å². The van der Waals surface area contributed by atoms with Crippen molar-refractivity contribution >= 4 is 11.7 Å². The van der Waals surface area contributed by atoms with Gasteiger partial charge in [-0.2, -0.15) is 0 Å². The Kier molecular flexibility index (Phi) is 3.87. The van der Waals surface area contributed by atoms with Crippen LogP contribution in [0.4, 0.5) is 5.69 Å². The summed E-state index contributed by atoms with van der Waals surface area (Å²) in [6, 6.07) is 6.77. The van der Waals surface area contributed by atoms with Gasteiger partial charge in [-0.3, -0.25) is 4.79 Å². The smallest absolute Gasteiger partial charge is 0.317 e. The van der Waals surface area contributed by atoms with Crippen LogP contribution in [0.1, 0.15) is 17.5 Å². The maximum Gasteiger partial charge on any atom is 0.317 e. The van der Waals surface area contributed by atoms with Crippen LogP contribution in [0.25, 0.3) is 0 Å². The number of nitrogens with one attached hydrogen (secondary N) is 1. The summed E-state index contributed by atoms with van der Waals surface area (Å²) in [5, 5.41) is 11.7. The first kappa shape index (κ1) is 12.9. The van der Waals surface area contributed by atoms with Crippen molar-refractivity contribution in [2.75, 3.05) is 24.5 Å². The monoisotopic (exact) mass is 248 g/mol. The van der Waals surface area contributed by atoms with Crippen LogP contribution in [0.5, 0.6) is 0 Å². The topological polar surface area (TPSA) is 52.6 Å². The van der Waals surface area contributed by atoms with E-state index < -0.39 is 5.97 Å². The lowest BCUT2D eigenvalue weighted by Gasteiger charge is -2.20. The number of carbonyl (C=O) groups is 1. The zero-order valence-electron chi connectivity index (χ0n) is 10.9. The second kappa shape index (κ2) is 5.40. The molecule has 98 valence electrons. The van der Waals surface area contributed by atoms with Crippen molar-refractivity contribution in [1.82, 2.24) is 5.32 Å². The van der Waals surface area contributed by atoms with Gasteiger partial charge in [0, 0.05) is 24.8 Å². The molecule has 1 aromatic rings. The fraction of sp³-hybridized carbons (Fsp3) is 0.500. The molecule has 1 aliphatic heterocycles. The van der Waals surface area contributed by atoms with Crippen LogP contribution in [0.3, 0.4) is 0 Å². The lowest BCUT2D eigenvalue weighted by molar-refractivity contribution is -0.136. The molecule has 0 aromatic heterocycles. The number of hydrogen-bond donors (Lipinski definition) is 2. The normalized spacial score (nSPS) is 19.2. The van der Waals surface area contributed by atoms with E-state index in [2.05, 4.69) is 42.3 Å². The number of benzene rings is 1. The van der Waals surface area contributed by atoms with Crippen LogP contribution in [-0.2, 0) is 4.79 Å². The minimum Gasteiger partial charge on any atom is -0.480 e. The third-order valence-corrected chi connectivity index (χ3v) is 3.59. The highest BCUT2D eigenvalue weighted by Crippen LogP contribution is 2.22. The summed E-state index contributed by atoms with van der Waals surface area (Å²) in [7, 11) is 0. The lowest BCUT2D eigenvalue weighted by atomic mass is 10.1. The van der Waals surface area contributed by atoms with Crippen molar-refractivity contribution in [2.45, 2.75) is 26.3 Å². The molecule has 0 bridgehead atoms. The highest BCUT2D eigenvalue weighted by Gasteiger charge is 2.22. The summed E-state index contributed by atoms with van der Waals surface area (Å²) in [5.41, 5.74) is 3.84. The molecule has 0 aliphatic carbocycles. The van der Waals surface area contributed by atoms with Gasteiger partial charge in [0.25, 0.3) is 0 Å². The fourth-order valence-corrected chi connectivity index (χ4v) is 2.32. The van der Waals surface area contributed by atoms with Crippen molar-refractivity contribution in [3.8, 4) is 0 Å². The average Bonchev–Trinajstić information content (AvgIpc) is 2.79. The Labute approximate surface area is 108 Å². The molecule has 18 heavy (non-hydrogen) atoms. The second-order valence-electron chi connectivity index (χ2n) is 4.97. The van der Waals surface area contributed by atoms with Gasteiger partial charge in [0.05, 0.1) is 6.54 Å². The molecule has 2 N–H and O–H groups in total. The Morgan fingerprint density at radius 2 is 2.22 bits per heavy atom. The highest BCUT2D eigenvalue weighted by atomic mass is 16.4. The van der Waals surface area contributed by atoms with Gasteiger partial charge >= 0.3 is 5.97 Å². The first-order valence-corrected chi connectivity index (χ1v) is 6.33. The number of hydrogen-bond acceptors (Lipinski definition) is 3. The van der Waals surface area contributed by atoms with Crippen molar-refractivity contribution in [1.29, 1.82) is 0 Å². The van der Waals surface area contributed by atoms with E-state index in [0.29, 0.717) is 0 Å². The molecule has 0 spiro atoms. The van der Waals surface area contributed by atoms with Gasteiger partial charge in [-0.25, -0.2) is 0 Å². The number of carboxylic acids is 1.